The van der Waals surface area contributed by atoms with E-state index in [2.05, 4.69) is 28.9 Å². The number of aryl methyl sites for hydroxylation is 2. The van der Waals surface area contributed by atoms with E-state index in [4.69, 9.17) is 9.72 Å². The van der Waals surface area contributed by atoms with Crippen molar-refractivity contribution in [3.63, 3.8) is 0 Å². The van der Waals surface area contributed by atoms with Crippen molar-refractivity contribution in [2.75, 3.05) is 13.1 Å². The SMILES string of the molecule is CCn1ncc(-c2nc3c(CC4CCN(C(=O)OC(C)(C)C)C4)ncnc3n2C)c1C. The smallest absolute Gasteiger partial charge is 0.410 e. The van der Waals surface area contributed by atoms with Gasteiger partial charge in [0.25, 0.3) is 0 Å². The van der Waals surface area contributed by atoms with E-state index in [-0.39, 0.29) is 6.09 Å². The van der Waals surface area contributed by atoms with Gasteiger partial charge < -0.3 is 14.2 Å². The van der Waals surface area contributed by atoms with Crippen LogP contribution in [0.15, 0.2) is 12.5 Å². The molecule has 0 bridgehead atoms. The average molecular weight is 426 g/mol. The number of carbonyl (C=O) groups excluding carboxylic acids is 1. The molecule has 3 aromatic heterocycles. The Morgan fingerprint density at radius 2 is 2.06 bits per heavy atom. The molecule has 4 rings (SSSR count). The zero-order chi connectivity index (χ0) is 22.3. The van der Waals surface area contributed by atoms with E-state index >= 15 is 0 Å². The quantitative estimate of drug-likeness (QED) is 0.637. The number of ether oxygens (including phenoxy) is 1. The van der Waals surface area contributed by atoms with Crippen LogP contribution in [0.3, 0.4) is 0 Å². The molecule has 166 valence electrons. The maximum absolute atomic E-state index is 12.4. The van der Waals surface area contributed by atoms with Gasteiger partial charge in [-0.2, -0.15) is 5.10 Å². The second-order valence-corrected chi connectivity index (χ2v) is 9.23. The van der Waals surface area contributed by atoms with Crippen LogP contribution in [0.5, 0.6) is 0 Å². The van der Waals surface area contributed by atoms with Gasteiger partial charge in [-0.1, -0.05) is 0 Å². The number of hydrogen-bond acceptors (Lipinski definition) is 6. The summed E-state index contributed by atoms with van der Waals surface area (Å²) in [6.45, 7) is 12.0. The van der Waals surface area contributed by atoms with E-state index in [0.29, 0.717) is 19.0 Å². The normalized spacial score (nSPS) is 17.0. The van der Waals surface area contributed by atoms with E-state index < -0.39 is 5.60 Å². The van der Waals surface area contributed by atoms with Gasteiger partial charge in [0.05, 0.1) is 17.5 Å². The lowest BCUT2D eigenvalue weighted by molar-refractivity contribution is 0.0288. The van der Waals surface area contributed by atoms with Crippen LogP contribution in [0.25, 0.3) is 22.6 Å². The Hall–Kier alpha value is -2.97. The summed E-state index contributed by atoms with van der Waals surface area (Å²) < 4.78 is 9.49. The molecular weight excluding hydrogens is 394 g/mol. The molecule has 1 atom stereocenters. The topological polar surface area (TPSA) is 91.0 Å². The highest BCUT2D eigenvalue weighted by molar-refractivity contribution is 5.79. The highest BCUT2D eigenvalue weighted by atomic mass is 16.6. The standard InChI is InChI=1S/C22H31N7O2/c1-7-29-14(2)16(11-25-29)19-26-18-17(23-13-24-20(18)27(19)6)10-15-8-9-28(12-15)21(30)31-22(3,4)5/h11,13,15H,7-10,12H2,1-6H3. The minimum absolute atomic E-state index is 0.244. The molecule has 3 aromatic rings. The third-order valence-electron chi connectivity index (χ3n) is 5.80. The summed E-state index contributed by atoms with van der Waals surface area (Å²) in [5.41, 5.74) is 4.15. The predicted molar refractivity (Wildman–Crippen MR) is 118 cm³/mol. The molecule has 1 amide bonds. The molecular formula is C22H31N7O2. The number of rotatable bonds is 4. The maximum Gasteiger partial charge on any atom is 0.410 e. The Labute approximate surface area is 182 Å². The lowest BCUT2D eigenvalue weighted by atomic mass is 10.0. The minimum atomic E-state index is -0.484. The van der Waals surface area contributed by atoms with E-state index in [0.717, 1.165) is 53.3 Å². The summed E-state index contributed by atoms with van der Waals surface area (Å²) >= 11 is 0. The summed E-state index contributed by atoms with van der Waals surface area (Å²) in [6, 6.07) is 0. The van der Waals surface area contributed by atoms with E-state index in [1.807, 2.05) is 43.3 Å². The number of carbonyl (C=O) groups is 1. The summed E-state index contributed by atoms with van der Waals surface area (Å²) in [6.07, 6.45) is 4.90. The molecule has 1 fully saturated rings. The monoisotopic (exact) mass is 425 g/mol. The molecule has 0 spiro atoms. The van der Waals surface area contributed by atoms with E-state index in [1.165, 1.54) is 0 Å². The second kappa shape index (κ2) is 7.94. The number of nitrogens with zero attached hydrogens (tertiary/aromatic N) is 7. The van der Waals surface area contributed by atoms with Crippen LogP contribution in [0.2, 0.25) is 0 Å². The van der Waals surface area contributed by atoms with Crippen LogP contribution >= 0.6 is 0 Å². The Morgan fingerprint density at radius 1 is 1.29 bits per heavy atom. The third kappa shape index (κ3) is 4.13. The summed E-state index contributed by atoms with van der Waals surface area (Å²) in [5.74, 6) is 1.16. The fourth-order valence-corrected chi connectivity index (χ4v) is 4.19. The molecule has 0 N–H and O–H groups in total. The highest BCUT2D eigenvalue weighted by Gasteiger charge is 2.31. The van der Waals surface area contributed by atoms with Gasteiger partial charge in [-0.15, -0.1) is 0 Å². The fourth-order valence-electron chi connectivity index (χ4n) is 4.19. The lowest BCUT2D eigenvalue weighted by Gasteiger charge is -2.24. The van der Waals surface area contributed by atoms with Crippen LogP contribution in [0, 0.1) is 12.8 Å². The van der Waals surface area contributed by atoms with Crippen molar-refractivity contribution >= 4 is 17.3 Å². The third-order valence-corrected chi connectivity index (χ3v) is 5.80. The molecule has 0 aliphatic carbocycles. The van der Waals surface area contributed by atoms with Gasteiger partial charge >= 0.3 is 6.09 Å². The van der Waals surface area contributed by atoms with Crippen molar-refractivity contribution in [3.8, 4) is 11.4 Å². The van der Waals surface area contributed by atoms with Crippen molar-refractivity contribution in [1.29, 1.82) is 0 Å². The Bertz CT molecular complexity index is 1110. The molecule has 0 saturated carbocycles. The van der Waals surface area contributed by atoms with Crippen molar-refractivity contribution in [2.24, 2.45) is 13.0 Å². The molecule has 9 nitrogen and oxygen atoms in total. The van der Waals surface area contributed by atoms with Gasteiger partial charge in [0.15, 0.2) is 5.65 Å². The van der Waals surface area contributed by atoms with Crippen LogP contribution in [-0.2, 0) is 24.8 Å². The van der Waals surface area contributed by atoms with Crippen molar-refractivity contribution < 1.29 is 9.53 Å². The molecule has 4 heterocycles. The molecule has 0 aromatic carbocycles. The predicted octanol–water partition coefficient (Wildman–Crippen LogP) is 3.35. The second-order valence-electron chi connectivity index (χ2n) is 9.23. The number of aromatic nitrogens is 6. The fraction of sp³-hybridized carbons (Fsp3) is 0.591. The maximum atomic E-state index is 12.4. The van der Waals surface area contributed by atoms with Gasteiger partial charge in [-0.3, -0.25) is 4.68 Å². The molecule has 9 heteroatoms. The van der Waals surface area contributed by atoms with Crippen molar-refractivity contribution in [1.82, 2.24) is 34.2 Å². The van der Waals surface area contributed by atoms with Crippen LogP contribution < -0.4 is 0 Å². The van der Waals surface area contributed by atoms with E-state index in [1.54, 1.807) is 11.2 Å². The Morgan fingerprint density at radius 3 is 2.74 bits per heavy atom. The van der Waals surface area contributed by atoms with Crippen molar-refractivity contribution in [2.45, 2.75) is 59.6 Å². The highest BCUT2D eigenvalue weighted by Crippen LogP contribution is 2.29. The average Bonchev–Trinajstić information content (AvgIpc) is 3.39. The van der Waals surface area contributed by atoms with Gasteiger partial charge in [0, 0.05) is 32.4 Å². The first-order valence-electron chi connectivity index (χ1n) is 10.8. The Kier molecular flexibility index (Phi) is 5.45. The number of fused-ring (bicyclic) bond motifs is 1. The summed E-state index contributed by atoms with van der Waals surface area (Å²) in [5, 5.41) is 4.46. The lowest BCUT2D eigenvalue weighted by Crippen LogP contribution is -2.35. The largest absolute Gasteiger partial charge is 0.444 e. The van der Waals surface area contributed by atoms with Crippen LogP contribution in [0.4, 0.5) is 4.79 Å². The first kappa shape index (κ1) is 21.3. The molecule has 1 unspecified atom stereocenters. The molecule has 1 saturated heterocycles. The van der Waals surface area contributed by atoms with Gasteiger partial charge in [0.2, 0.25) is 0 Å². The molecule has 1 aliphatic rings. The Balaban J connectivity index is 1.57. The van der Waals surface area contributed by atoms with Gasteiger partial charge in [-0.05, 0) is 53.4 Å². The molecule has 0 radical (unpaired) electrons. The zero-order valence-corrected chi connectivity index (χ0v) is 19.2. The molecule has 31 heavy (non-hydrogen) atoms. The first-order chi connectivity index (χ1) is 14.7. The van der Waals surface area contributed by atoms with Crippen molar-refractivity contribution in [3.05, 3.63) is 23.9 Å². The van der Waals surface area contributed by atoms with Gasteiger partial charge in [0.1, 0.15) is 23.3 Å². The first-order valence-corrected chi connectivity index (χ1v) is 10.8. The minimum Gasteiger partial charge on any atom is -0.444 e. The van der Waals surface area contributed by atoms with E-state index in [9.17, 15) is 4.79 Å². The van der Waals surface area contributed by atoms with Crippen LogP contribution in [-0.4, -0.2) is 59.0 Å². The van der Waals surface area contributed by atoms with Crippen LogP contribution in [0.1, 0.15) is 45.5 Å². The van der Waals surface area contributed by atoms with Gasteiger partial charge in [-0.25, -0.2) is 19.7 Å². The summed E-state index contributed by atoms with van der Waals surface area (Å²) in [7, 11) is 1.98. The number of hydrogen-bond donors (Lipinski definition) is 0. The number of amides is 1. The zero-order valence-electron chi connectivity index (χ0n) is 19.2. The number of imidazole rings is 1. The summed E-state index contributed by atoms with van der Waals surface area (Å²) in [4.78, 5) is 28.1. The molecule has 1 aliphatic heterocycles. The number of likely N-dealkylation sites (tertiary alicyclic amines) is 1.